The SMILES string of the molecule is CC[C@H](C)[C@@H]([C@@H](CC(=O)N1CC2(CC2)C[C@H]1[C@H](OC)[C@@H](C)C(=O)N[C@@H](Cc1ccccc1F)C(=O)OC(C)(C)C)OC)N(C)C(=O)[C@@H](CC(=O)[C@@H](NC)C(C)C)C(C)C. The Balaban J connectivity index is 1.87. The Morgan fingerprint density at radius 2 is 1.59 bits per heavy atom. The Labute approximate surface area is 353 Å². The highest BCUT2D eigenvalue weighted by atomic mass is 19.1. The molecule has 3 rings (SSSR count). The lowest BCUT2D eigenvalue weighted by Crippen LogP contribution is -2.55. The molecule has 2 aliphatic rings. The van der Waals surface area contributed by atoms with Crippen molar-refractivity contribution >= 4 is 29.5 Å². The molecule has 2 N–H and O–H groups in total. The summed E-state index contributed by atoms with van der Waals surface area (Å²) in [5, 5.41) is 5.94. The zero-order chi connectivity index (χ0) is 44.6. The highest BCUT2D eigenvalue weighted by Crippen LogP contribution is 2.56. The van der Waals surface area contributed by atoms with Gasteiger partial charge in [0.1, 0.15) is 17.5 Å². The van der Waals surface area contributed by atoms with Crippen molar-refractivity contribution in [1.29, 1.82) is 0 Å². The first kappa shape index (κ1) is 49.9. The molecule has 0 aromatic heterocycles. The molecule has 9 atom stereocenters. The highest BCUT2D eigenvalue weighted by molar-refractivity contribution is 5.90. The molecular weight excluding hydrogens is 756 g/mol. The predicted molar refractivity (Wildman–Crippen MR) is 227 cm³/mol. The number of halogens is 1. The normalized spacial score (nSPS) is 20.4. The van der Waals surface area contributed by atoms with Crippen LogP contribution in [0.3, 0.4) is 0 Å². The summed E-state index contributed by atoms with van der Waals surface area (Å²) >= 11 is 0. The number of carbonyl (C=O) groups is 5. The van der Waals surface area contributed by atoms with Crippen molar-refractivity contribution in [3.05, 3.63) is 35.6 Å². The molecule has 1 aliphatic heterocycles. The summed E-state index contributed by atoms with van der Waals surface area (Å²) in [5.41, 5.74) is -0.644. The molecule has 334 valence electrons. The Morgan fingerprint density at radius 3 is 2.08 bits per heavy atom. The standard InChI is InChI=1S/C46H75FN4O8/c1-15-29(6)40(50(12)43(55)32(27(2)3)23-36(52)39(48-11)28(4)5)37(57-13)24-38(53)51-26-46(20-21-46)25-35(51)41(58-14)30(7)42(54)49-34(44(56)59-45(8,9)10)22-31-18-16-17-19-33(31)47/h16-19,27-30,32,34-35,37,39-41,48H,15,20-26H2,1-14H3,(H,49,54)/t29-,30+,32-,34-,35-,37+,39-,40-,41+/m0/s1. The average Bonchev–Trinajstić information content (AvgIpc) is 3.82. The number of nitrogens with zero attached hydrogens (tertiary/aromatic N) is 2. The number of benzene rings is 1. The van der Waals surface area contributed by atoms with Crippen LogP contribution >= 0.6 is 0 Å². The molecule has 1 spiro atoms. The summed E-state index contributed by atoms with van der Waals surface area (Å²) in [6.45, 7) is 19.4. The molecule has 59 heavy (non-hydrogen) atoms. The largest absolute Gasteiger partial charge is 0.458 e. The minimum absolute atomic E-state index is 0.00310. The number of ketones is 1. The molecule has 1 heterocycles. The summed E-state index contributed by atoms with van der Waals surface area (Å²) in [6.07, 6.45) is 1.91. The first-order valence-corrected chi connectivity index (χ1v) is 21.6. The van der Waals surface area contributed by atoms with Gasteiger partial charge in [-0.1, -0.05) is 73.1 Å². The summed E-state index contributed by atoms with van der Waals surface area (Å²) in [4.78, 5) is 73.3. The Bertz CT molecular complexity index is 1590. The van der Waals surface area contributed by atoms with E-state index in [0.29, 0.717) is 13.0 Å². The molecule has 1 saturated carbocycles. The maximum atomic E-state index is 14.8. The lowest BCUT2D eigenvalue weighted by molar-refractivity contribution is -0.159. The van der Waals surface area contributed by atoms with E-state index in [2.05, 4.69) is 10.6 Å². The Morgan fingerprint density at radius 1 is 0.966 bits per heavy atom. The van der Waals surface area contributed by atoms with Gasteiger partial charge >= 0.3 is 5.97 Å². The van der Waals surface area contributed by atoms with E-state index in [1.54, 1.807) is 72.0 Å². The van der Waals surface area contributed by atoms with Crippen molar-refractivity contribution < 1.29 is 42.6 Å². The van der Waals surface area contributed by atoms with Gasteiger partial charge in [0.25, 0.3) is 0 Å². The van der Waals surface area contributed by atoms with Crippen LogP contribution in [0.5, 0.6) is 0 Å². The van der Waals surface area contributed by atoms with Gasteiger partial charge in [0, 0.05) is 46.6 Å². The third kappa shape index (κ3) is 13.0. The number of esters is 1. The molecule has 1 aromatic carbocycles. The van der Waals surface area contributed by atoms with Crippen molar-refractivity contribution in [2.24, 2.45) is 35.0 Å². The van der Waals surface area contributed by atoms with E-state index in [1.807, 2.05) is 46.4 Å². The molecule has 12 nitrogen and oxygen atoms in total. The van der Waals surface area contributed by atoms with Crippen molar-refractivity contribution in [2.75, 3.05) is 34.9 Å². The summed E-state index contributed by atoms with van der Waals surface area (Å²) in [5.74, 6) is -3.37. The maximum absolute atomic E-state index is 14.8. The van der Waals surface area contributed by atoms with Crippen LogP contribution in [0.2, 0.25) is 0 Å². The van der Waals surface area contributed by atoms with Crippen LogP contribution in [0.15, 0.2) is 24.3 Å². The second kappa shape index (κ2) is 21.4. The molecular formula is C46H75FN4O8. The van der Waals surface area contributed by atoms with Crippen LogP contribution in [0, 0.1) is 40.8 Å². The van der Waals surface area contributed by atoms with Crippen LogP contribution in [0.1, 0.15) is 113 Å². The minimum atomic E-state index is -1.16. The fourth-order valence-electron chi connectivity index (χ4n) is 8.90. The monoisotopic (exact) mass is 831 g/mol. The third-order valence-electron chi connectivity index (χ3n) is 12.7. The molecule has 13 heteroatoms. The number of rotatable bonds is 22. The lowest BCUT2D eigenvalue weighted by atomic mass is 9.84. The van der Waals surface area contributed by atoms with E-state index in [9.17, 15) is 28.4 Å². The van der Waals surface area contributed by atoms with Crippen LogP contribution in [-0.4, -0.2) is 116 Å². The van der Waals surface area contributed by atoms with Gasteiger partial charge in [-0.3, -0.25) is 19.2 Å². The average molecular weight is 831 g/mol. The molecule has 0 bridgehead atoms. The summed E-state index contributed by atoms with van der Waals surface area (Å²) in [6, 6.07) is 3.68. The maximum Gasteiger partial charge on any atom is 0.329 e. The van der Waals surface area contributed by atoms with Crippen LogP contribution in [-0.2, 0) is 44.6 Å². The first-order chi connectivity index (χ1) is 27.5. The highest BCUT2D eigenvalue weighted by Gasteiger charge is 2.56. The number of methoxy groups -OCH3 is 2. The topological polar surface area (TPSA) is 144 Å². The molecule has 0 unspecified atom stereocenters. The zero-order valence-corrected chi connectivity index (χ0v) is 38.4. The van der Waals surface area contributed by atoms with Crippen molar-refractivity contribution in [3.8, 4) is 0 Å². The quantitative estimate of drug-likeness (QED) is 0.135. The van der Waals surface area contributed by atoms with Crippen LogP contribution in [0.25, 0.3) is 0 Å². The molecule has 0 radical (unpaired) electrons. The molecule has 2 fully saturated rings. The van der Waals surface area contributed by atoms with Gasteiger partial charge in [0.2, 0.25) is 17.7 Å². The van der Waals surface area contributed by atoms with E-state index >= 15 is 0 Å². The van der Waals surface area contributed by atoms with Crippen LogP contribution in [0.4, 0.5) is 4.39 Å². The van der Waals surface area contributed by atoms with Gasteiger partial charge in [-0.05, 0) is 81.9 Å². The number of ether oxygens (including phenoxy) is 3. The van der Waals surface area contributed by atoms with Gasteiger partial charge in [-0.15, -0.1) is 0 Å². The number of carbonyl (C=O) groups excluding carboxylic acids is 5. The van der Waals surface area contributed by atoms with Gasteiger partial charge in [0.15, 0.2) is 5.78 Å². The predicted octanol–water partition coefficient (Wildman–Crippen LogP) is 5.98. The molecule has 3 amide bonds. The fraction of sp³-hybridized carbons (Fsp3) is 0.761. The van der Waals surface area contributed by atoms with E-state index in [-0.39, 0.29) is 71.6 Å². The van der Waals surface area contributed by atoms with E-state index in [0.717, 1.165) is 19.3 Å². The first-order valence-electron chi connectivity index (χ1n) is 21.6. The van der Waals surface area contributed by atoms with E-state index in [1.165, 1.54) is 13.2 Å². The molecule has 1 aliphatic carbocycles. The minimum Gasteiger partial charge on any atom is -0.458 e. The third-order valence-corrected chi connectivity index (χ3v) is 12.7. The number of hydrogen-bond donors (Lipinski definition) is 2. The van der Waals surface area contributed by atoms with Crippen molar-refractivity contribution in [3.63, 3.8) is 0 Å². The fourth-order valence-corrected chi connectivity index (χ4v) is 8.90. The number of likely N-dealkylation sites (tertiary alicyclic amines) is 1. The van der Waals surface area contributed by atoms with Gasteiger partial charge in [-0.2, -0.15) is 0 Å². The molecule has 1 saturated heterocycles. The van der Waals surface area contributed by atoms with Crippen molar-refractivity contribution in [1.82, 2.24) is 20.4 Å². The summed E-state index contributed by atoms with van der Waals surface area (Å²) < 4.78 is 32.5. The van der Waals surface area contributed by atoms with Crippen LogP contribution < -0.4 is 10.6 Å². The Hall–Kier alpha value is -3.42. The lowest BCUT2D eigenvalue weighted by Gasteiger charge is -2.41. The Kier molecular flexibility index (Phi) is 18.1. The number of Topliss-reactive ketones (excluding diaryl/α,β-unsaturated/α-hetero) is 1. The smallest absolute Gasteiger partial charge is 0.329 e. The van der Waals surface area contributed by atoms with Gasteiger partial charge < -0.3 is 34.6 Å². The second-order valence-electron chi connectivity index (χ2n) is 19.0. The van der Waals surface area contributed by atoms with Gasteiger partial charge in [0.05, 0.1) is 42.7 Å². The number of hydrogen-bond acceptors (Lipinski definition) is 9. The van der Waals surface area contributed by atoms with Gasteiger partial charge in [-0.25, -0.2) is 9.18 Å². The van der Waals surface area contributed by atoms with E-state index < -0.39 is 65.5 Å². The summed E-state index contributed by atoms with van der Waals surface area (Å²) in [7, 11) is 6.60. The second-order valence-corrected chi connectivity index (χ2v) is 19.0. The number of likely N-dealkylation sites (N-methyl/N-ethyl adjacent to an activating group) is 2. The zero-order valence-electron chi connectivity index (χ0n) is 38.4. The molecule has 1 aromatic rings. The number of amides is 3. The van der Waals surface area contributed by atoms with E-state index in [4.69, 9.17) is 14.2 Å². The van der Waals surface area contributed by atoms with Crippen molar-refractivity contribution in [2.45, 2.75) is 156 Å². The number of nitrogens with one attached hydrogen (secondary N) is 2.